The number of anilines is 2. The van der Waals surface area contributed by atoms with Crippen molar-refractivity contribution in [2.45, 2.75) is 25.9 Å². The molecule has 160 valence electrons. The second-order valence-corrected chi connectivity index (χ2v) is 6.71. The zero-order valence-electron chi connectivity index (χ0n) is 15.8. The highest BCUT2D eigenvalue weighted by molar-refractivity contribution is 6.31. The Labute approximate surface area is 175 Å². The first-order valence-corrected chi connectivity index (χ1v) is 9.11. The maximum absolute atomic E-state index is 12.7. The second kappa shape index (κ2) is 10.1. The van der Waals surface area contributed by atoms with Crippen LogP contribution in [0.3, 0.4) is 0 Å². The molecule has 0 saturated heterocycles. The third-order valence-corrected chi connectivity index (χ3v) is 4.26. The number of halogens is 4. The van der Waals surface area contributed by atoms with Gasteiger partial charge in [-0.1, -0.05) is 23.7 Å². The van der Waals surface area contributed by atoms with Gasteiger partial charge < -0.3 is 15.4 Å². The van der Waals surface area contributed by atoms with Gasteiger partial charge >= 0.3 is 12.1 Å². The minimum atomic E-state index is -4.54. The van der Waals surface area contributed by atoms with Gasteiger partial charge in [0.1, 0.15) is 0 Å². The van der Waals surface area contributed by atoms with E-state index in [9.17, 15) is 27.6 Å². The van der Waals surface area contributed by atoms with E-state index in [0.29, 0.717) is 10.7 Å². The quantitative estimate of drug-likeness (QED) is 0.615. The van der Waals surface area contributed by atoms with Crippen molar-refractivity contribution in [3.05, 3.63) is 58.6 Å². The summed E-state index contributed by atoms with van der Waals surface area (Å²) < 4.78 is 42.7. The number of hydrogen-bond donors (Lipinski definition) is 2. The van der Waals surface area contributed by atoms with Gasteiger partial charge in [-0.05, 0) is 42.8 Å². The molecule has 2 N–H and O–H groups in total. The van der Waals surface area contributed by atoms with Crippen molar-refractivity contribution >= 4 is 40.8 Å². The van der Waals surface area contributed by atoms with Crippen molar-refractivity contribution in [1.29, 1.82) is 0 Å². The standard InChI is InChI=1S/C20H18ClF3N2O4/c1-12-5-6-15(10-16(12)21)25-17(27)7-8-19(29)30-11-18(28)26-14-4-2-3-13(9-14)20(22,23)24/h2-6,9-10H,7-8,11H2,1H3,(H,25,27)(H,26,28). The van der Waals surface area contributed by atoms with Gasteiger partial charge in [0, 0.05) is 22.8 Å². The monoisotopic (exact) mass is 442 g/mol. The number of amides is 2. The molecular formula is C20H18ClF3N2O4. The van der Waals surface area contributed by atoms with E-state index in [4.69, 9.17) is 16.3 Å². The van der Waals surface area contributed by atoms with Gasteiger partial charge in [-0.15, -0.1) is 0 Å². The molecule has 0 bridgehead atoms. The SMILES string of the molecule is Cc1ccc(NC(=O)CCC(=O)OCC(=O)Nc2cccc(C(F)(F)F)c2)cc1Cl. The van der Waals surface area contributed by atoms with Gasteiger partial charge in [-0.2, -0.15) is 13.2 Å². The van der Waals surface area contributed by atoms with Crippen LogP contribution in [-0.4, -0.2) is 24.4 Å². The van der Waals surface area contributed by atoms with Crippen molar-refractivity contribution in [2.75, 3.05) is 17.2 Å². The molecule has 6 nitrogen and oxygen atoms in total. The Bertz CT molecular complexity index is 948. The minimum absolute atomic E-state index is 0.0815. The molecule has 0 fully saturated rings. The van der Waals surface area contributed by atoms with E-state index in [2.05, 4.69) is 10.6 Å². The van der Waals surface area contributed by atoms with Crippen molar-refractivity contribution < 1.29 is 32.3 Å². The molecule has 2 aromatic carbocycles. The Morgan fingerprint density at radius 3 is 2.30 bits per heavy atom. The number of esters is 1. The number of carbonyl (C=O) groups excluding carboxylic acids is 3. The lowest BCUT2D eigenvalue weighted by molar-refractivity contribution is -0.147. The smallest absolute Gasteiger partial charge is 0.416 e. The van der Waals surface area contributed by atoms with Crippen LogP contribution in [0.4, 0.5) is 24.5 Å². The zero-order valence-corrected chi connectivity index (χ0v) is 16.6. The molecule has 0 spiro atoms. The van der Waals surface area contributed by atoms with E-state index in [1.54, 1.807) is 18.2 Å². The fourth-order valence-electron chi connectivity index (χ4n) is 2.30. The number of ether oxygens (including phenoxy) is 1. The molecule has 2 amide bonds. The largest absolute Gasteiger partial charge is 0.456 e. The van der Waals surface area contributed by atoms with Gasteiger partial charge in [0.05, 0.1) is 12.0 Å². The number of hydrogen-bond acceptors (Lipinski definition) is 4. The van der Waals surface area contributed by atoms with E-state index in [1.165, 1.54) is 6.07 Å². The van der Waals surface area contributed by atoms with Crippen LogP contribution >= 0.6 is 11.6 Å². The molecule has 30 heavy (non-hydrogen) atoms. The molecule has 0 aliphatic heterocycles. The Morgan fingerprint density at radius 2 is 1.63 bits per heavy atom. The van der Waals surface area contributed by atoms with Crippen LogP contribution in [0, 0.1) is 6.92 Å². The average molecular weight is 443 g/mol. The maximum atomic E-state index is 12.7. The van der Waals surface area contributed by atoms with Crippen LogP contribution in [0.15, 0.2) is 42.5 Å². The molecule has 0 aliphatic rings. The molecule has 0 radical (unpaired) electrons. The van der Waals surface area contributed by atoms with Crippen molar-refractivity contribution in [3.63, 3.8) is 0 Å². The summed E-state index contributed by atoms with van der Waals surface area (Å²) in [5.41, 5.74) is 0.325. The van der Waals surface area contributed by atoms with Gasteiger partial charge in [-0.25, -0.2) is 0 Å². The number of nitrogens with one attached hydrogen (secondary N) is 2. The summed E-state index contributed by atoms with van der Waals surface area (Å²) in [5.74, 6) is -2.05. The van der Waals surface area contributed by atoms with Crippen LogP contribution in [0.5, 0.6) is 0 Å². The van der Waals surface area contributed by atoms with E-state index in [-0.39, 0.29) is 18.5 Å². The van der Waals surface area contributed by atoms with E-state index in [1.807, 2.05) is 6.92 Å². The Kier molecular flexibility index (Phi) is 7.82. The molecule has 0 saturated carbocycles. The summed E-state index contributed by atoms with van der Waals surface area (Å²) in [7, 11) is 0. The van der Waals surface area contributed by atoms with Gasteiger partial charge in [-0.3, -0.25) is 14.4 Å². The summed E-state index contributed by atoms with van der Waals surface area (Å²) >= 11 is 5.97. The number of alkyl halides is 3. The first kappa shape index (κ1) is 23.2. The minimum Gasteiger partial charge on any atom is -0.456 e. The highest BCUT2D eigenvalue weighted by Gasteiger charge is 2.30. The van der Waals surface area contributed by atoms with Gasteiger partial charge in [0.2, 0.25) is 5.91 Å². The molecular weight excluding hydrogens is 425 g/mol. The molecule has 0 aliphatic carbocycles. The normalized spacial score (nSPS) is 11.0. The van der Waals surface area contributed by atoms with Gasteiger partial charge in [0.15, 0.2) is 6.61 Å². The number of rotatable bonds is 7. The first-order chi connectivity index (χ1) is 14.0. The van der Waals surface area contributed by atoms with Crippen LogP contribution in [0.2, 0.25) is 5.02 Å². The topological polar surface area (TPSA) is 84.5 Å². The molecule has 0 atom stereocenters. The van der Waals surface area contributed by atoms with Crippen LogP contribution < -0.4 is 10.6 Å². The molecule has 10 heteroatoms. The van der Waals surface area contributed by atoms with Crippen molar-refractivity contribution in [2.24, 2.45) is 0 Å². The van der Waals surface area contributed by atoms with Crippen molar-refractivity contribution in [1.82, 2.24) is 0 Å². The van der Waals surface area contributed by atoms with E-state index in [0.717, 1.165) is 23.8 Å². The number of aryl methyl sites for hydroxylation is 1. The average Bonchev–Trinajstić information content (AvgIpc) is 2.67. The number of benzene rings is 2. The van der Waals surface area contributed by atoms with E-state index >= 15 is 0 Å². The predicted octanol–water partition coefficient (Wildman–Crippen LogP) is 4.57. The molecule has 2 rings (SSSR count). The lowest BCUT2D eigenvalue weighted by Gasteiger charge is -2.10. The summed E-state index contributed by atoms with van der Waals surface area (Å²) in [6.07, 6.45) is -5.00. The Morgan fingerprint density at radius 1 is 0.967 bits per heavy atom. The lowest BCUT2D eigenvalue weighted by atomic mass is 10.2. The van der Waals surface area contributed by atoms with E-state index < -0.39 is 36.1 Å². The summed E-state index contributed by atoms with van der Waals surface area (Å²) in [6.45, 7) is 1.12. The molecule has 2 aromatic rings. The van der Waals surface area contributed by atoms with Crippen LogP contribution in [0.25, 0.3) is 0 Å². The molecule has 0 unspecified atom stereocenters. The fraction of sp³-hybridized carbons (Fsp3) is 0.250. The summed E-state index contributed by atoms with van der Waals surface area (Å²) in [4.78, 5) is 35.3. The zero-order chi connectivity index (χ0) is 22.3. The highest BCUT2D eigenvalue weighted by Crippen LogP contribution is 2.30. The van der Waals surface area contributed by atoms with Crippen LogP contribution in [-0.2, 0) is 25.3 Å². The third-order valence-electron chi connectivity index (χ3n) is 3.85. The Balaban J connectivity index is 1.74. The lowest BCUT2D eigenvalue weighted by Crippen LogP contribution is -2.22. The van der Waals surface area contributed by atoms with Gasteiger partial charge in [0.25, 0.3) is 5.91 Å². The van der Waals surface area contributed by atoms with Crippen molar-refractivity contribution in [3.8, 4) is 0 Å². The fourth-order valence-corrected chi connectivity index (χ4v) is 2.48. The summed E-state index contributed by atoms with van der Waals surface area (Å²) in [5, 5.41) is 5.27. The highest BCUT2D eigenvalue weighted by atomic mass is 35.5. The molecule has 0 heterocycles. The maximum Gasteiger partial charge on any atom is 0.416 e. The Hall–Kier alpha value is -3.07. The number of carbonyl (C=O) groups is 3. The third kappa shape index (κ3) is 7.40. The second-order valence-electron chi connectivity index (χ2n) is 6.30. The molecule has 0 aromatic heterocycles. The predicted molar refractivity (Wildman–Crippen MR) is 105 cm³/mol. The first-order valence-electron chi connectivity index (χ1n) is 8.73. The summed E-state index contributed by atoms with van der Waals surface area (Å²) in [6, 6.07) is 9.02. The van der Waals surface area contributed by atoms with Crippen LogP contribution in [0.1, 0.15) is 24.0 Å².